The maximum Gasteiger partial charge on any atom is 0.151 e. The standard InChI is InChI=1S/C16H14O/c1-2-3-4-7-15-10-13-8-5-6-9-14(13)11-16(15)12-17/h5-6,8-12H,2-3H2,1H3. The quantitative estimate of drug-likeness (QED) is 0.558. The summed E-state index contributed by atoms with van der Waals surface area (Å²) in [5, 5.41) is 2.20. The van der Waals surface area contributed by atoms with Crippen molar-refractivity contribution in [3.63, 3.8) is 0 Å². The Bertz CT molecular complexity index is 600. The van der Waals surface area contributed by atoms with E-state index in [1.165, 1.54) is 0 Å². The number of hydrogen-bond acceptors (Lipinski definition) is 1. The Morgan fingerprint density at radius 2 is 1.88 bits per heavy atom. The van der Waals surface area contributed by atoms with Crippen LogP contribution in [0.5, 0.6) is 0 Å². The molecule has 0 heterocycles. The fourth-order valence-corrected chi connectivity index (χ4v) is 1.75. The maximum atomic E-state index is 11.0. The van der Waals surface area contributed by atoms with E-state index in [0.29, 0.717) is 5.56 Å². The van der Waals surface area contributed by atoms with E-state index in [2.05, 4.69) is 18.8 Å². The monoisotopic (exact) mass is 222 g/mol. The van der Waals surface area contributed by atoms with Gasteiger partial charge in [0.05, 0.1) is 0 Å². The molecule has 1 heteroatoms. The van der Waals surface area contributed by atoms with Crippen molar-refractivity contribution in [1.82, 2.24) is 0 Å². The SMILES string of the molecule is CCCC#Cc1cc2ccccc2cc1C=O. The van der Waals surface area contributed by atoms with Crippen molar-refractivity contribution in [3.05, 3.63) is 47.5 Å². The third-order valence-electron chi connectivity index (χ3n) is 2.64. The van der Waals surface area contributed by atoms with Crippen LogP contribution in [0.15, 0.2) is 36.4 Å². The van der Waals surface area contributed by atoms with E-state index in [4.69, 9.17) is 0 Å². The van der Waals surface area contributed by atoms with Crippen LogP contribution in [0.1, 0.15) is 35.7 Å². The summed E-state index contributed by atoms with van der Waals surface area (Å²) in [5.74, 6) is 6.16. The summed E-state index contributed by atoms with van der Waals surface area (Å²) in [6.07, 6.45) is 2.78. The van der Waals surface area contributed by atoms with Gasteiger partial charge in [-0.05, 0) is 29.3 Å². The van der Waals surface area contributed by atoms with Crippen molar-refractivity contribution >= 4 is 17.1 Å². The third-order valence-corrected chi connectivity index (χ3v) is 2.64. The molecule has 0 N–H and O–H groups in total. The lowest BCUT2D eigenvalue weighted by molar-refractivity contribution is 0.112. The van der Waals surface area contributed by atoms with Gasteiger partial charge in [0.15, 0.2) is 6.29 Å². The zero-order valence-corrected chi connectivity index (χ0v) is 9.86. The van der Waals surface area contributed by atoms with E-state index in [-0.39, 0.29) is 0 Å². The molecule has 0 aliphatic carbocycles. The van der Waals surface area contributed by atoms with Gasteiger partial charge < -0.3 is 0 Å². The fourth-order valence-electron chi connectivity index (χ4n) is 1.75. The van der Waals surface area contributed by atoms with Crippen LogP contribution in [0.3, 0.4) is 0 Å². The van der Waals surface area contributed by atoms with Crippen molar-refractivity contribution in [2.24, 2.45) is 0 Å². The van der Waals surface area contributed by atoms with Crippen molar-refractivity contribution in [2.75, 3.05) is 0 Å². The first kappa shape index (κ1) is 11.4. The number of aldehydes is 1. The summed E-state index contributed by atoms with van der Waals surface area (Å²) in [7, 11) is 0. The molecule has 0 fully saturated rings. The molecule has 0 saturated carbocycles. The molecule has 0 saturated heterocycles. The zero-order valence-electron chi connectivity index (χ0n) is 9.86. The molecular formula is C16H14O. The van der Waals surface area contributed by atoms with Crippen LogP contribution in [0.2, 0.25) is 0 Å². The van der Waals surface area contributed by atoms with Crippen molar-refractivity contribution in [1.29, 1.82) is 0 Å². The summed E-state index contributed by atoms with van der Waals surface area (Å²) >= 11 is 0. The molecule has 0 aliphatic heterocycles. The Kier molecular flexibility index (Phi) is 3.57. The molecular weight excluding hydrogens is 208 g/mol. The largest absolute Gasteiger partial charge is 0.298 e. The molecule has 0 atom stereocenters. The van der Waals surface area contributed by atoms with E-state index < -0.39 is 0 Å². The van der Waals surface area contributed by atoms with Gasteiger partial charge in [0.1, 0.15) is 0 Å². The van der Waals surface area contributed by atoms with Gasteiger partial charge in [-0.1, -0.05) is 43.0 Å². The van der Waals surface area contributed by atoms with Crippen LogP contribution in [0.4, 0.5) is 0 Å². The second kappa shape index (κ2) is 5.32. The van der Waals surface area contributed by atoms with Crippen LogP contribution in [0, 0.1) is 11.8 Å². The zero-order chi connectivity index (χ0) is 12.1. The fraction of sp³-hybridized carbons (Fsp3) is 0.188. The van der Waals surface area contributed by atoms with Gasteiger partial charge in [-0.3, -0.25) is 4.79 Å². The summed E-state index contributed by atoms with van der Waals surface area (Å²) in [6, 6.07) is 11.9. The molecule has 84 valence electrons. The Labute approximate surface area is 101 Å². The molecule has 1 nitrogen and oxygen atoms in total. The van der Waals surface area contributed by atoms with E-state index in [9.17, 15) is 4.79 Å². The third kappa shape index (κ3) is 2.54. The summed E-state index contributed by atoms with van der Waals surface area (Å²) in [5.41, 5.74) is 1.50. The van der Waals surface area contributed by atoms with Gasteiger partial charge in [0, 0.05) is 17.5 Å². The Morgan fingerprint density at radius 1 is 1.18 bits per heavy atom. The van der Waals surface area contributed by atoms with E-state index in [1.54, 1.807) is 0 Å². The number of carbonyl (C=O) groups is 1. The van der Waals surface area contributed by atoms with Crippen LogP contribution >= 0.6 is 0 Å². The number of carbonyl (C=O) groups excluding carboxylic acids is 1. The first-order valence-electron chi connectivity index (χ1n) is 5.82. The highest BCUT2D eigenvalue weighted by Crippen LogP contribution is 2.18. The van der Waals surface area contributed by atoms with E-state index in [1.807, 2.05) is 36.4 Å². The summed E-state index contributed by atoms with van der Waals surface area (Å²) in [6.45, 7) is 2.09. The van der Waals surface area contributed by atoms with Crippen LogP contribution in [0.25, 0.3) is 10.8 Å². The van der Waals surface area contributed by atoms with Crippen LogP contribution in [-0.2, 0) is 0 Å². The van der Waals surface area contributed by atoms with Gasteiger partial charge in [-0.15, -0.1) is 0 Å². The van der Waals surface area contributed by atoms with Gasteiger partial charge in [-0.25, -0.2) is 0 Å². The molecule has 17 heavy (non-hydrogen) atoms. The average molecular weight is 222 g/mol. The Balaban J connectivity index is 2.54. The minimum absolute atomic E-state index is 0.673. The van der Waals surface area contributed by atoms with E-state index in [0.717, 1.165) is 35.5 Å². The molecule has 2 aromatic rings. The number of unbranched alkanes of at least 4 members (excludes halogenated alkanes) is 1. The predicted molar refractivity (Wildman–Crippen MR) is 71.1 cm³/mol. The lowest BCUT2D eigenvalue weighted by Crippen LogP contribution is -1.88. The lowest BCUT2D eigenvalue weighted by atomic mass is 10.0. The first-order valence-corrected chi connectivity index (χ1v) is 5.82. The Morgan fingerprint density at radius 3 is 2.53 bits per heavy atom. The molecule has 0 radical (unpaired) electrons. The first-order chi connectivity index (χ1) is 8.35. The van der Waals surface area contributed by atoms with Gasteiger partial charge in [0.2, 0.25) is 0 Å². The minimum Gasteiger partial charge on any atom is -0.298 e. The smallest absolute Gasteiger partial charge is 0.151 e. The number of hydrogen-bond donors (Lipinski definition) is 0. The Hall–Kier alpha value is -2.07. The van der Waals surface area contributed by atoms with Gasteiger partial charge in [0.25, 0.3) is 0 Å². The highest BCUT2D eigenvalue weighted by Gasteiger charge is 2.01. The average Bonchev–Trinajstić information content (AvgIpc) is 2.38. The molecule has 0 aliphatic rings. The lowest BCUT2D eigenvalue weighted by Gasteiger charge is -2.01. The summed E-state index contributed by atoms with van der Waals surface area (Å²) < 4.78 is 0. The highest BCUT2D eigenvalue weighted by atomic mass is 16.1. The molecule has 0 unspecified atom stereocenters. The predicted octanol–water partition coefficient (Wildman–Crippen LogP) is 3.80. The van der Waals surface area contributed by atoms with Crippen molar-refractivity contribution in [2.45, 2.75) is 19.8 Å². The van der Waals surface area contributed by atoms with Crippen molar-refractivity contribution < 1.29 is 4.79 Å². The van der Waals surface area contributed by atoms with Gasteiger partial charge >= 0.3 is 0 Å². The van der Waals surface area contributed by atoms with Crippen LogP contribution < -0.4 is 0 Å². The molecule has 0 aromatic heterocycles. The molecule has 0 bridgehead atoms. The van der Waals surface area contributed by atoms with Crippen LogP contribution in [-0.4, -0.2) is 6.29 Å². The maximum absolute atomic E-state index is 11.0. The molecule has 2 rings (SSSR count). The number of fused-ring (bicyclic) bond motifs is 1. The second-order valence-corrected chi connectivity index (χ2v) is 3.96. The van der Waals surface area contributed by atoms with Gasteiger partial charge in [-0.2, -0.15) is 0 Å². The highest BCUT2D eigenvalue weighted by molar-refractivity contribution is 5.92. The van der Waals surface area contributed by atoms with E-state index >= 15 is 0 Å². The molecule has 0 spiro atoms. The summed E-state index contributed by atoms with van der Waals surface area (Å²) in [4.78, 5) is 11.0. The number of benzene rings is 2. The molecule has 0 amide bonds. The van der Waals surface area contributed by atoms with Crippen molar-refractivity contribution in [3.8, 4) is 11.8 Å². The topological polar surface area (TPSA) is 17.1 Å². The number of rotatable bonds is 2. The second-order valence-electron chi connectivity index (χ2n) is 3.96. The normalized spacial score (nSPS) is 9.71. The minimum atomic E-state index is 0.673. The molecule has 2 aromatic carbocycles.